The first-order chi connectivity index (χ1) is 19.4. The van der Waals surface area contributed by atoms with Crippen LogP contribution in [0.4, 0.5) is 0 Å². The summed E-state index contributed by atoms with van der Waals surface area (Å²) in [7, 11) is 0. The van der Waals surface area contributed by atoms with Gasteiger partial charge in [-0.2, -0.15) is 0 Å². The fourth-order valence-electron chi connectivity index (χ4n) is 6.02. The van der Waals surface area contributed by atoms with Crippen LogP contribution in [-0.4, -0.2) is 4.98 Å². The Labute approximate surface area is 225 Å². The van der Waals surface area contributed by atoms with Crippen LogP contribution in [0.15, 0.2) is 144 Å². The van der Waals surface area contributed by atoms with Gasteiger partial charge in [0.2, 0.25) is 0 Å². The molecule has 0 amide bonds. The Hall–Kier alpha value is -5.21. The van der Waals surface area contributed by atoms with Crippen molar-refractivity contribution < 1.29 is 4.42 Å². The van der Waals surface area contributed by atoms with Crippen LogP contribution in [0.5, 0.6) is 0 Å². The number of pyridine rings is 1. The highest BCUT2D eigenvalue weighted by molar-refractivity contribution is 6.21. The summed E-state index contributed by atoms with van der Waals surface area (Å²) in [6, 6.07) is 47.0. The Kier molecular flexibility index (Phi) is 4.86. The average Bonchev–Trinajstić information content (AvgIpc) is 3.39. The monoisotopic (exact) mass is 497 g/mol. The molecule has 0 saturated carbocycles. The van der Waals surface area contributed by atoms with Crippen LogP contribution >= 0.6 is 0 Å². The van der Waals surface area contributed by atoms with E-state index in [0.717, 1.165) is 38.8 Å². The second kappa shape index (κ2) is 8.68. The molecule has 2 nitrogen and oxygen atoms in total. The van der Waals surface area contributed by atoms with Crippen LogP contribution in [0.3, 0.4) is 0 Å². The number of fused-ring (bicyclic) bond motifs is 5. The van der Waals surface area contributed by atoms with Crippen molar-refractivity contribution in [2.24, 2.45) is 0 Å². The standard InChI is InChI=1S/C37H23NO/c1-3-13-30-28(11-1)35(29-12-2-4-14-31(29)36(30)33-17-7-8-23-38-33)25-21-19-24(20-22-25)26-15-9-16-32-27-10-5-6-18-34(27)39-37(26)32/h1-23H. The van der Waals surface area contributed by atoms with E-state index in [-0.39, 0.29) is 0 Å². The molecule has 2 heterocycles. The van der Waals surface area contributed by atoms with Gasteiger partial charge in [-0.05, 0) is 56.4 Å². The van der Waals surface area contributed by atoms with Gasteiger partial charge < -0.3 is 4.42 Å². The zero-order valence-electron chi connectivity index (χ0n) is 21.1. The lowest BCUT2D eigenvalue weighted by atomic mass is 9.87. The van der Waals surface area contributed by atoms with Crippen molar-refractivity contribution in [2.75, 3.05) is 0 Å². The molecule has 0 radical (unpaired) electrons. The molecule has 0 bridgehead atoms. The molecular weight excluding hydrogens is 474 g/mol. The summed E-state index contributed by atoms with van der Waals surface area (Å²) in [5, 5.41) is 7.17. The predicted molar refractivity (Wildman–Crippen MR) is 163 cm³/mol. The predicted octanol–water partition coefficient (Wildman–Crippen LogP) is 10.3. The van der Waals surface area contributed by atoms with Gasteiger partial charge in [-0.3, -0.25) is 4.98 Å². The lowest BCUT2D eigenvalue weighted by molar-refractivity contribution is 0.670. The number of benzene rings is 6. The summed E-state index contributed by atoms with van der Waals surface area (Å²) in [4.78, 5) is 4.73. The van der Waals surface area contributed by atoms with E-state index in [1.165, 1.54) is 38.2 Å². The molecule has 0 spiro atoms. The number of para-hydroxylation sites is 2. The van der Waals surface area contributed by atoms with Crippen molar-refractivity contribution in [1.29, 1.82) is 0 Å². The Bertz CT molecular complexity index is 2100. The Morgan fingerprint density at radius 3 is 1.64 bits per heavy atom. The Balaban J connectivity index is 1.35. The van der Waals surface area contributed by atoms with Gasteiger partial charge in [-0.1, -0.05) is 115 Å². The first-order valence-electron chi connectivity index (χ1n) is 13.2. The van der Waals surface area contributed by atoms with Gasteiger partial charge in [0, 0.05) is 28.1 Å². The molecule has 2 aromatic heterocycles. The van der Waals surface area contributed by atoms with Gasteiger partial charge in [-0.15, -0.1) is 0 Å². The number of hydrogen-bond donors (Lipinski definition) is 0. The molecule has 0 N–H and O–H groups in total. The van der Waals surface area contributed by atoms with E-state index in [2.05, 4.69) is 115 Å². The molecule has 0 saturated heterocycles. The maximum absolute atomic E-state index is 6.32. The number of hydrogen-bond acceptors (Lipinski definition) is 2. The van der Waals surface area contributed by atoms with Crippen LogP contribution in [-0.2, 0) is 0 Å². The SMILES string of the molecule is c1ccc(-c2c3ccccc3c(-c3ccc(-c4cccc5c4oc4ccccc45)cc3)c3ccccc23)nc1. The smallest absolute Gasteiger partial charge is 0.143 e. The summed E-state index contributed by atoms with van der Waals surface area (Å²) in [6.45, 7) is 0. The fraction of sp³-hybridized carbons (Fsp3) is 0. The summed E-state index contributed by atoms with van der Waals surface area (Å²) in [5.41, 5.74) is 8.71. The van der Waals surface area contributed by atoms with E-state index < -0.39 is 0 Å². The number of aromatic nitrogens is 1. The van der Waals surface area contributed by atoms with Gasteiger partial charge in [0.05, 0.1) is 5.69 Å². The molecule has 182 valence electrons. The maximum Gasteiger partial charge on any atom is 0.143 e. The second-order valence-corrected chi connectivity index (χ2v) is 9.91. The van der Waals surface area contributed by atoms with Crippen LogP contribution in [0, 0.1) is 0 Å². The van der Waals surface area contributed by atoms with Gasteiger partial charge in [-0.25, -0.2) is 0 Å². The van der Waals surface area contributed by atoms with E-state index in [9.17, 15) is 0 Å². The lowest BCUT2D eigenvalue weighted by Crippen LogP contribution is -1.92. The third kappa shape index (κ3) is 3.39. The number of furan rings is 1. The van der Waals surface area contributed by atoms with E-state index >= 15 is 0 Å². The first-order valence-corrected chi connectivity index (χ1v) is 13.2. The van der Waals surface area contributed by atoms with Crippen molar-refractivity contribution in [3.8, 4) is 33.5 Å². The molecule has 0 fully saturated rings. The summed E-state index contributed by atoms with van der Waals surface area (Å²) in [6.07, 6.45) is 1.87. The van der Waals surface area contributed by atoms with Crippen LogP contribution in [0.1, 0.15) is 0 Å². The van der Waals surface area contributed by atoms with Crippen LogP contribution in [0.25, 0.3) is 77.0 Å². The molecule has 0 aliphatic heterocycles. The molecule has 8 rings (SSSR count). The van der Waals surface area contributed by atoms with Gasteiger partial charge in [0.1, 0.15) is 11.2 Å². The third-order valence-electron chi connectivity index (χ3n) is 7.74. The summed E-state index contributed by atoms with van der Waals surface area (Å²) < 4.78 is 6.32. The zero-order chi connectivity index (χ0) is 25.8. The van der Waals surface area contributed by atoms with Crippen molar-refractivity contribution in [2.45, 2.75) is 0 Å². The fourth-order valence-corrected chi connectivity index (χ4v) is 6.02. The van der Waals surface area contributed by atoms with E-state index in [0.29, 0.717) is 0 Å². The van der Waals surface area contributed by atoms with E-state index in [1.807, 2.05) is 24.4 Å². The maximum atomic E-state index is 6.32. The van der Waals surface area contributed by atoms with Gasteiger partial charge in [0.15, 0.2) is 0 Å². The highest BCUT2D eigenvalue weighted by Gasteiger charge is 2.17. The van der Waals surface area contributed by atoms with Crippen LogP contribution in [0.2, 0.25) is 0 Å². The van der Waals surface area contributed by atoms with Crippen molar-refractivity contribution in [1.82, 2.24) is 4.98 Å². The molecule has 0 aliphatic carbocycles. The topological polar surface area (TPSA) is 26.0 Å². The minimum absolute atomic E-state index is 0.919. The molecule has 8 aromatic rings. The van der Waals surface area contributed by atoms with Crippen LogP contribution < -0.4 is 0 Å². The van der Waals surface area contributed by atoms with Crippen molar-refractivity contribution in [3.63, 3.8) is 0 Å². The molecule has 2 heteroatoms. The molecule has 0 aliphatic rings. The Morgan fingerprint density at radius 1 is 0.410 bits per heavy atom. The Morgan fingerprint density at radius 2 is 0.974 bits per heavy atom. The van der Waals surface area contributed by atoms with E-state index in [4.69, 9.17) is 9.40 Å². The third-order valence-corrected chi connectivity index (χ3v) is 7.74. The van der Waals surface area contributed by atoms with Crippen molar-refractivity contribution in [3.05, 3.63) is 140 Å². The van der Waals surface area contributed by atoms with Gasteiger partial charge >= 0.3 is 0 Å². The largest absolute Gasteiger partial charge is 0.455 e. The lowest BCUT2D eigenvalue weighted by Gasteiger charge is -2.17. The highest BCUT2D eigenvalue weighted by atomic mass is 16.3. The minimum atomic E-state index is 0.919. The summed E-state index contributed by atoms with van der Waals surface area (Å²) in [5.74, 6) is 0. The number of nitrogens with zero attached hydrogens (tertiary/aromatic N) is 1. The molecule has 0 unspecified atom stereocenters. The van der Waals surface area contributed by atoms with Gasteiger partial charge in [0.25, 0.3) is 0 Å². The minimum Gasteiger partial charge on any atom is -0.455 e. The number of rotatable bonds is 3. The normalized spacial score (nSPS) is 11.6. The average molecular weight is 498 g/mol. The molecule has 39 heavy (non-hydrogen) atoms. The molecule has 6 aromatic carbocycles. The molecular formula is C37H23NO. The zero-order valence-corrected chi connectivity index (χ0v) is 21.1. The second-order valence-electron chi connectivity index (χ2n) is 9.91. The van der Waals surface area contributed by atoms with Crippen molar-refractivity contribution >= 4 is 43.5 Å². The summed E-state index contributed by atoms with van der Waals surface area (Å²) >= 11 is 0. The first kappa shape index (κ1) is 21.8. The highest BCUT2D eigenvalue weighted by Crippen LogP contribution is 2.43. The quantitative estimate of drug-likeness (QED) is 0.227. The molecule has 0 atom stereocenters. The van der Waals surface area contributed by atoms with E-state index in [1.54, 1.807) is 0 Å².